The van der Waals surface area contributed by atoms with Crippen LogP contribution in [0.4, 0.5) is 0 Å². The van der Waals surface area contributed by atoms with Gasteiger partial charge in [-0.3, -0.25) is 0 Å². The van der Waals surface area contributed by atoms with E-state index in [4.69, 9.17) is 5.21 Å². The van der Waals surface area contributed by atoms with E-state index in [2.05, 4.69) is 60.6 Å². The summed E-state index contributed by atoms with van der Waals surface area (Å²) in [5.41, 5.74) is 6.41. The van der Waals surface area contributed by atoms with Crippen LogP contribution < -0.4 is 0 Å². The van der Waals surface area contributed by atoms with Gasteiger partial charge in [-0.15, -0.1) is 0 Å². The van der Waals surface area contributed by atoms with Crippen molar-refractivity contribution in [1.29, 1.82) is 0 Å². The lowest BCUT2D eigenvalue weighted by molar-refractivity contribution is 0.314. The van der Waals surface area contributed by atoms with Gasteiger partial charge in [0.1, 0.15) is 11.4 Å². The maximum atomic E-state index is 9.34. The van der Waals surface area contributed by atoms with Gasteiger partial charge in [-0.25, -0.2) is 0 Å². The molecule has 0 atom stereocenters. The molecule has 4 nitrogen and oxygen atoms in total. The Morgan fingerprint density at radius 2 is 1.58 bits per heavy atom. The summed E-state index contributed by atoms with van der Waals surface area (Å²) in [7, 11) is 0. The van der Waals surface area contributed by atoms with E-state index in [1.54, 1.807) is 6.92 Å². The molecule has 0 bridgehead atoms. The van der Waals surface area contributed by atoms with E-state index in [-0.39, 0.29) is 16.8 Å². The van der Waals surface area contributed by atoms with Gasteiger partial charge in [0.05, 0.1) is 0 Å². The first-order chi connectivity index (χ1) is 11.6. The summed E-state index contributed by atoms with van der Waals surface area (Å²) < 4.78 is 0. The highest BCUT2D eigenvalue weighted by Gasteiger charge is 2.40. The highest BCUT2D eigenvalue weighted by Crippen LogP contribution is 2.52. The van der Waals surface area contributed by atoms with Crippen LogP contribution in [0.1, 0.15) is 50.3 Å². The van der Waals surface area contributed by atoms with Crippen LogP contribution in [-0.2, 0) is 5.41 Å². The van der Waals surface area contributed by atoms with E-state index in [1.807, 2.05) is 6.07 Å². The second kappa shape index (κ2) is 6.11. The molecule has 24 heavy (non-hydrogen) atoms. The summed E-state index contributed by atoms with van der Waals surface area (Å²) >= 11 is 0. The molecule has 0 aliphatic heterocycles. The maximum Gasteiger partial charge on any atom is 0.134 e. The first-order valence-electron chi connectivity index (χ1n) is 8.28. The van der Waals surface area contributed by atoms with Gasteiger partial charge in [0.25, 0.3) is 0 Å². The lowest BCUT2D eigenvalue weighted by Gasteiger charge is -2.29. The highest BCUT2D eigenvalue weighted by atomic mass is 16.4. The topological polar surface area (TPSA) is 65.2 Å². The predicted octanol–water partition coefficient (Wildman–Crippen LogP) is 4.80. The molecule has 0 fully saturated rings. The van der Waals surface area contributed by atoms with Crippen molar-refractivity contribution in [2.75, 3.05) is 0 Å². The van der Waals surface area contributed by atoms with Gasteiger partial charge in [0.2, 0.25) is 0 Å². The van der Waals surface area contributed by atoms with Gasteiger partial charge in [0, 0.05) is 11.0 Å². The molecule has 1 aliphatic carbocycles. The van der Waals surface area contributed by atoms with Crippen LogP contribution in [0.25, 0.3) is 11.1 Å². The van der Waals surface area contributed by atoms with Gasteiger partial charge in [-0.1, -0.05) is 60.6 Å². The fourth-order valence-electron chi connectivity index (χ4n) is 4.00. The summed E-state index contributed by atoms with van der Waals surface area (Å²) in [6, 6.07) is 14.6. The minimum Gasteiger partial charge on any atom is -0.411 e. The van der Waals surface area contributed by atoms with Crippen molar-refractivity contribution in [2.45, 2.75) is 39.0 Å². The third kappa shape index (κ3) is 2.13. The Kier molecular flexibility index (Phi) is 4.14. The second-order valence-electron chi connectivity index (χ2n) is 6.23. The SMILES string of the molecule is CCC1(CC)c2ccccc2-c2ccc(C(=N\O)/C(C)=N/O)cc21. The zero-order valence-corrected chi connectivity index (χ0v) is 14.2. The fraction of sp³-hybridized carbons (Fsp3) is 0.300. The number of nitrogens with zero attached hydrogens (tertiary/aromatic N) is 2. The summed E-state index contributed by atoms with van der Waals surface area (Å²) in [5.74, 6) is 0. The lowest BCUT2D eigenvalue weighted by atomic mass is 9.73. The van der Waals surface area contributed by atoms with E-state index in [0.29, 0.717) is 0 Å². The van der Waals surface area contributed by atoms with Crippen molar-refractivity contribution in [1.82, 2.24) is 0 Å². The molecule has 0 aromatic heterocycles. The molecule has 2 aromatic carbocycles. The molecule has 2 aromatic rings. The number of hydrogen-bond donors (Lipinski definition) is 2. The first-order valence-corrected chi connectivity index (χ1v) is 8.28. The minimum atomic E-state index is -0.0350. The summed E-state index contributed by atoms with van der Waals surface area (Å²) in [6.45, 7) is 6.04. The molecule has 0 spiro atoms. The van der Waals surface area contributed by atoms with Gasteiger partial charge < -0.3 is 10.4 Å². The van der Waals surface area contributed by atoms with E-state index in [0.717, 1.165) is 18.4 Å². The van der Waals surface area contributed by atoms with E-state index >= 15 is 0 Å². The monoisotopic (exact) mass is 322 g/mol. The number of benzene rings is 2. The van der Waals surface area contributed by atoms with Crippen molar-refractivity contribution >= 4 is 11.4 Å². The Morgan fingerprint density at radius 1 is 0.917 bits per heavy atom. The first kappa shape index (κ1) is 16.2. The van der Waals surface area contributed by atoms with Crippen molar-refractivity contribution in [3.05, 3.63) is 59.2 Å². The molecule has 0 saturated carbocycles. The Hall–Kier alpha value is -2.62. The van der Waals surface area contributed by atoms with Crippen LogP contribution in [0.15, 0.2) is 52.8 Å². The number of fused-ring (bicyclic) bond motifs is 3. The average molecular weight is 322 g/mol. The predicted molar refractivity (Wildman–Crippen MR) is 96.5 cm³/mol. The van der Waals surface area contributed by atoms with E-state index in [1.165, 1.54) is 22.3 Å². The van der Waals surface area contributed by atoms with Gasteiger partial charge in [-0.2, -0.15) is 0 Å². The lowest BCUT2D eigenvalue weighted by Crippen LogP contribution is -2.23. The normalized spacial score (nSPS) is 16.0. The average Bonchev–Trinajstić information content (AvgIpc) is 2.92. The molecule has 2 N–H and O–H groups in total. The minimum absolute atomic E-state index is 0.0350. The smallest absolute Gasteiger partial charge is 0.134 e. The highest BCUT2D eigenvalue weighted by molar-refractivity contribution is 6.47. The van der Waals surface area contributed by atoms with Crippen LogP contribution in [0.2, 0.25) is 0 Å². The number of oxime groups is 2. The molecule has 0 radical (unpaired) electrons. The van der Waals surface area contributed by atoms with Gasteiger partial charge in [0.15, 0.2) is 0 Å². The quantitative estimate of drug-likeness (QED) is 0.482. The van der Waals surface area contributed by atoms with Crippen LogP contribution in [0, 0.1) is 0 Å². The molecule has 124 valence electrons. The van der Waals surface area contributed by atoms with Crippen molar-refractivity contribution in [2.24, 2.45) is 10.3 Å². The molecule has 0 heterocycles. The van der Waals surface area contributed by atoms with Gasteiger partial charge in [-0.05, 0) is 48.1 Å². The number of rotatable bonds is 4. The molecule has 0 saturated heterocycles. The Morgan fingerprint density at radius 3 is 2.21 bits per heavy atom. The van der Waals surface area contributed by atoms with Crippen LogP contribution in [-0.4, -0.2) is 21.8 Å². The summed E-state index contributed by atoms with van der Waals surface area (Å²) in [4.78, 5) is 0. The molecule has 1 aliphatic rings. The Labute approximate surface area is 142 Å². The van der Waals surface area contributed by atoms with Crippen molar-refractivity contribution in [3.63, 3.8) is 0 Å². The van der Waals surface area contributed by atoms with Crippen LogP contribution in [0.3, 0.4) is 0 Å². The molecular formula is C20H22N2O2. The van der Waals surface area contributed by atoms with Crippen molar-refractivity contribution < 1.29 is 10.4 Å². The zero-order valence-electron chi connectivity index (χ0n) is 14.2. The number of hydrogen-bond acceptors (Lipinski definition) is 4. The Bertz CT molecular complexity index is 833. The fourth-order valence-corrected chi connectivity index (χ4v) is 4.00. The third-order valence-electron chi connectivity index (χ3n) is 5.34. The van der Waals surface area contributed by atoms with E-state index < -0.39 is 0 Å². The molecule has 3 rings (SSSR count). The maximum absolute atomic E-state index is 9.34. The molecule has 4 heteroatoms. The van der Waals surface area contributed by atoms with Crippen LogP contribution in [0.5, 0.6) is 0 Å². The summed E-state index contributed by atoms with van der Waals surface area (Å²) in [5, 5.41) is 24.9. The Balaban J connectivity index is 2.26. The van der Waals surface area contributed by atoms with E-state index in [9.17, 15) is 5.21 Å². The summed E-state index contributed by atoms with van der Waals surface area (Å²) in [6.07, 6.45) is 1.99. The van der Waals surface area contributed by atoms with Crippen molar-refractivity contribution in [3.8, 4) is 11.1 Å². The second-order valence-corrected chi connectivity index (χ2v) is 6.23. The van der Waals surface area contributed by atoms with Crippen LogP contribution >= 0.6 is 0 Å². The largest absolute Gasteiger partial charge is 0.411 e. The molecule has 0 amide bonds. The van der Waals surface area contributed by atoms with Gasteiger partial charge >= 0.3 is 0 Å². The zero-order chi connectivity index (χ0) is 17.3. The molecule has 0 unspecified atom stereocenters. The molecular weight excluding hydrogens is 300 g/mol. The standard InChI is InChI=1S/C20H22N2O2/c1-4-20(5-2)17-9-7-6-8-15(17)16-11-10-14(12-18(16)20)19(22-24)13(3)21-23/h6-12,23-24H,4-5H2,1-3H3/b21-13+,22-19-. The third-order valence-corrected chi connectivity index (χ3v) is 5.34.